The van der Waals surface area contributed by atoms with E-state index in [0.717, 1.165) is 55.5 Å². The number of carboxylic acids is 1. The smallest absolute Gasteiger partial charge is 0.303 e. The van der Waals surface area contributed by atoms with Crippen LogP contribution < -0.4 is 10.5 Å². The standard InChI is InChI=1S/C23H28N4O3/c24-23-26-20-14-25-21(30-19-6-2-1-3-7-19)13-17(20)15-27(23)18-11-9-16(10-12-18)5-4-8-22(28)29/h1-3,6-7,13-14,16,18H,4-5,8-12,15H2,(H2,24,26)(H,28,29). The highest BCUT2D eigenvalue weighted by molar-refractivity contribution is 5.83. The second kappa shape index (κ2) is 9.15. The number of carboxylic acid groups (broad SMARTS) is 1. The first-order valence-electron chi connectivity index (χ1n) is 10.6. The van der Waals surface area contributed by atoms with Crippen LogP contribution in [0.3, 0.4) is 0 Å². The van der Waals surface area contributed by atoms with E-state index in [1.165, 1.54) is 0 Å². The van der Waals surface area contributed by atoms with Gasteiger partial charge in [-0.2, -0.15) is 0 Å². The fourth-order valence-electron chi connectivity index (χ4n) is 4.42. The molecule has 4 rings (SSSR count). The molecule has 0 saturated heterocycles. The highest BCUT2D eigenvalue weighted by atomic mass is 16.5. The lowest BCUT2D eigenvalue weighted by Gasteiger charge is -2.39. The Bertz CT molecular complexity index is 908. The molecule has 0 amide bonds. The monoisotopic (exact) mass is 408 g/mol. The van der Waals surface area contributed by atoms with Crippen molar-refractivity contribution in [2.45, 2.75) is 57.5 Å². The number of guanidine groups is 1. The zero-order valence-corrected chi connectivity index (χ0v) is 17.0. The molecule has 2 aromatic rings. The fraction of sp³-hybridized carbons (Fsp3) is 0.435. The zero-order valence-electron chi connectivity index (χ0n) is 17.0. The van der Waals surface area contributed by atoms with Gasteiger partial charge in [0.1, 0.15) is 5.75 Å². The van der Waals surface area contributed by atoms with Gasteiger partial charge in [-0.25, -0.2) is 9.98 Å². The number of aliphatic carboxylic acids is 1. The van der Waals surface area contributed by atoms with Gasteiger partial charge in [-0.1, -0.05) is 18.2 Å². The van der Waals surface area contributed by atoms with Gasteiger partial charge in [-0.3, -0.25) is 4.79 Å². The van der Waals surface area contributed by atoms with E-state index in [-0.39, 0.29) is 6.42 Å². The van der Waals surface area contributed by atoms with Crippen molar-refractivity contribution in [2.24, 2.45) is 16.6 Å². The molecule has 1 aromatic carbocycles. The molecule has 0 atom stereocenters. The van der Waals surface area contributed by atoms with Crippen LogP contribution in [0.25, 0.3) is 0 Å². The molecule has 1 aliphatic heterocycles. The first kappa shape index (κ1) is 20.2. The summed E-state index contributed by atoms with van der Waals surface area (Å²) in [4.78, 5) is 21.9. The van der Waals surface area contributed by atoms with Crippen LogP contribution in [0.2, 0.25) is 0 Å². The number of nitrogens with two attached hydrogens (primary N) is 1. The van der Waals surface area contributed by atoms with E-state index in [2.05, 4.69) is 14.9 Å². The highest BCUT2D eigenvalue weighted by Gasteiger charge is 2.29. The minimum absolute atomic E-state index is 0.268. The van der Waals surface area contributed by atoms with Crippen LogP contribution in [0.5, 0.6) is 11.6 Å². The van der Waals surface area contributed by atoms with Crippen molar-refractivity contribution in [1.82, 2.24) is 9.88 Å². The fourth-order valence-corrected chi connectivity index (χ4v) is 4.42. The number of hydrogen-bond acceptors (Lipinski definition) is 6. The Morgan fingerprint density at radius 3 is 2.70 bits per heavy atom. The second-order valence-corrected chi connectivity index (χ2v) is 8.12. The molecular formula is C23H28N4O3. The molecule has 1 aliphatic carbocycles. The Labute approximate surface area is 176 Å². The quantitative estimate of drug-likeness (QED) is 0.702. The largest absolute Gasteiger partial charge is 0.481 e. The van der Waals surface area contributed by atoms with Crippen LogP contribution in [-0.2, 0) is 11.3 Å². The predicted molar refractivity (Wildman–Crippen MR) is 115 cm³/mol. The molecule has 7 heteroatoms. The molecule has 3 N–H and O–H groups in total. The number of pyridine rings is 1. The summed E-state index contributed by atoms with van der Waals surface area (Å²) in [5.74, 6) is 1.77. The van der Waals surface area contributed by atoms with Crippen molar-refractivity contribution >= 4 is 17.6 Å². The van der Waals surface area contributed by atoms with Crippen LogP contribution in [0.15, 0.2) is 47.6 Å². The lowest BCUT2D eigenvalue weighted by molar-refractivity contribution is -0.137. The van der Waals surface area contributed by atoms with Crippen molar-refractivity contribution in [3.8, 4) is 11.6 Å². The minimum atomic E-state index is -0.704. The van der Waals surface area contributed by atoms with E-state index in [4.69, 9.17) is 15.6 Å². The SMILES string of the molecule is NC1=Nc2cnc(Oc3ccccc3)cc2CN1C1CCC(CCCC(=O)O)CC1. The van der Waals surface area contributed by atoms with Crippen molar-refractivity contribution in [3.05, 3.63) is 48.2 Å². The third-order valence-corrected chi connectivity index (χ3v) is 6.04. The minimum Gasteiger partial charge on any atom is -0.481 e. The van der Waals surface area contributed by atoms with Gasteiger partial charge in [0.05, 0.1) is 11.9 Å². The number of nitrogens with zero attached hydrogens (tertiary/aromatic N) is 3. The molecule has 0 radical (unpaired) electrons. The Morgan fingerprint density at radius 1 is 1.20 bits per heavy atom. The number of carbonyl (C=O) groups is 1. The first-order valence-corrected chi connectivity index (χ1v) is 10.6. The van der Waals surface area contributed by atoms with E-state index >= 15 is 0 Å². The van der Waals surface area contributed by atoms with Gasteiger partial charge in [0.2, 0.25) is 5.88 Å². The van der Waals surface area contributed by atoms with Gasteiger partial charge < -0.3 is 20.5 Å². The third-order valence-electron chi connectivity index (χ3n) is 6.04. The van der Waals surface area contributed by atoms with Crippen LogP contribution in [0.4, 0.5) is 5.69 Å². The van der Waals surface area contributed by atoms with E-state index in [1.807, 2.05) is 36.4 Å². The number of hydrogen-bond donors (Lipinski definition) is 2. The number of rotatable bonds is 7. The maximum absolute atomic E-state index is 10.7. The first-order chi connectivity index (χ1) is 14.6. The van der Waals surface area contributed by atoms with Gasteiger partial charge in [0, 0.05) is 30.6 Å². The summed E-state index contributed by atoms with van der Waals surface area (Å²) in [5.41, 5.74) is 8.15. The summed E-state index contributed by atoms with van der Waals surface area (Å²) < 4.78 is 5.87. The maximum Gasteiger partial charge on any atom is 0.303 e. The van der Waals surface area contributed by atoms with Crippen LogP contribution >= 0.6 is 0 Å². The summed E-state index contributed by atoms with van der Waals surface area (Å²) in [5, 5.41) is 8.82. The summed E-state index contributed by atoms with van der Waals surface area (Å²) in [6, 6.07) is 11.9. The number of aromatic nitrogens is 1. The van der Waals surface area contributed by atoms with Crippen molar-refractivity contribution in [1.29, 1.82) is 0 Å². The summed E-state index contributed by atoms with van der Waals surface area (Å²) >= 11 is 0. The lowest BCUT2D eigenvalue weighted by atomic mass is 9.82. The Hall–Kier alpha value is -3.09. The summed E-state index contributed by atoms with van der Waals surface area (Å²) in [6.45, 7) is 0.701. The van der Waals surface area contributed by atoms with E-state index < -0.39 is 5.97 Å². The molecule has 0 spiro atoms. The topological polar surface area (TPSA) is 101 Å². The molecule has 0 unspecified atom stereocenters. The predicted octanol–water partition coefficient (Wildman–Crippen LogP) is 4.45. The Kier molecular flexibility index (Phi) is 6.16. The number of aliphatic imine (C=N–C) groups is 1. The second-order valence-electron chi connectivity index (χ2n) is 8.12. The highest BCUT2D eigenvalue weighted by Crippen LogP contribution is 2.35. The molecular weight excluding hydrogens is 380 g/mol. The lowest BCUT2D eigenvalue weighted by Crippen LogP contribution is -2.46. The van der Waals surface area contributed by atoms with Crippen molar-refractivity contribution in [3.63, 3.8) is 0 Å². The van der Waals surface area contributed by atoms with Crippen molar-refractivity contribution in [2.75, 3.05) is 0 Å². The Balaban J connectivity index is 1.37. The third kappa shape index (κ3) is 4.90. The number of fused-ring (bicyclic) bond motifs is 1. The number of ether oxygens (including phenoxy) is 1. The van der Waals surface area contributed by atoms with Crippen LogP contribution in [0.1, 0.15) is 50.5 Å². The molecule has 7 nitrogen and oxygen atoms in total. The van der Waals surface area contributed by atoms with E-state index in [9.17, 15) is 4.79 Å². The Morgan fingerprint density at radius 2 is 1.97 bits per heavy atom. The van der Waals surface area contributed by atoms with Gasteiger partial charge in [-0.15, -0.1) is 0 Å². The number of benzene rings is 1. The van der Waals surface area contributed by atoms with Gasteiger partial charge in [0.25, 0.3) is 0 Å². The molecule has 2 heterocycles. The van der Waals surface area contributed by atoms with Gasteiger partial charge in [0.15, 0.2) is 5.96 Å². The van der Waals surface area contributed by atoms with Gasteiger partial charge >= 0.3 is 5.97 Å². The normalized spacial score (nSPS) is 20.9. The molecule has 2 aliphatic rings. The molecule has 1 aromatic heterocycles. The molecule has 1 saturated carbocycles. The summed E-state index contributed by atoms with van der Waals surface area (Å²) in [7, 11) is 0. The molecule has 0 bridgehead atoms. The summed E-state index contributed by atoms with van der Waals surface area (Å²) in [6.07, 6.45) is 8.09. The van der Waals surface area contributed by atoms with Crippen molar-refractivity contribution < 1.29 is 14.6 Å². The zero-order chi connectivity index (χ0) is 20.9. The molecule has 1 fully saturated rings. The van der Waals surface area contributed by atoms with E-state index in [0.29, 0.717) is 30.3 Å². The average Bonchev–Trinajstić information content (AvgIpc) is 2.75. The van der Waals surface area contributed by atoms with Crippen LogP contribution in [-0.4, -0.2) is 33.0 Å². The number of para-hydroxylation sites is 1. The van der Waals surface area contributed by atoms with Crippen LogP contribution in [0, 0.1) is 5.92 Å². The molecule has 158 valence electrons. The maximum atomic E-state index is 10.7. The van der Waals surface area contributed by atoms with E-state index in [1.54, 1.807) is 6.20 Å². The van der Waals surface area contributed by atoms with Gasteiger partial charge in [-0.05, 0) is 56.6 Å². The average molecular weight is 409 g/mol. The molecule has 30 heavy (non-hydrogen) atoms.